The molecule has 25 heavy (non-hydrogen) atoms. The third-order valence-electron chi connectivity index (χ3n) is 6.50. The summed E-state index contributed by atoms with van der Waals surface area (Å²) in [4.78, 5) is 2.37. The summed E-state index contributed by atoms with van der Waals surface area (Å²) in [7, 11) is 0. The number of aromatic hydroxyl groups is 1. The van der Waals surface area contributed by atoms with E-state index in [-0.39, 0.29) is 11.0 Å². The van der Waals surface area contributed by atoms with E-state index in [1.807, 2.05) is 12.1 Å². The summed E-state index contributed by atoms with van der Waals surface area (Å²) in [6.07, 6.45) is 4.50. The minimum Gasteiger partial charge on any atom is -0.508 e. The number of fused-ring (bicyclic) bond motifs is 1. The van der Waals surface area contributed by atoms with Gasteiger partial charge in [-0.25, -0.2) is 0 Å². The van der Waals surface area contributed by atoms with Crippen molar-refractivity contribution < 1.29 is 14.6 Å². The first kappa shape index (κ1) is 17.2. The van der Waals surface area contributed by atoms with E-state index < -0.39 is 0 Å². The van der Waals surface area contributed by atoms with E-state index in [9.17, 15) is 5.11 Å². The van der Waals surface area contributed by atoms with Crippen LogP contribution in [0.15, 0.2) is 12.1 Å². The zero-order valence-electron chi connectivity index (χ0n) is 15.8. The molecule has 1 N–H and O–H groups in total. The highest BCUT2D eigenvalue weighted by molar-refractivity contribution is 5.50. The summed E-state index contributed by atoms with van der Waals surface area (Å²) in [5.41, 5.74) is 2.57. The molecule has 1 saturated carbocycles. The zero-order valence-corrected chi connectivity index (χ0v) is 15.8. The molecule has 1 aromatic rings. The van der Waals surface area contributed by atoms with Crippen molar-refractivity contribution in [1.29, 1.82) is 0 Å². The van der Waals surface area contributed by atoms with Gasteiger partial charge in [-0.2, -0.15) is 0 Å². The van der Waals surface area contributed by atoms with Crippen LogP contribution in [-0.4, -0.2) is 41.9 Å². The van der Waals surface area contributed by atoms with Gasteiger partial charge in [-0.05, 0) is 43.2 Å². The number of ether oxygens (including phenoxy) is 2. The molecule has 4 nitrogen and oxygen atoms in total. The Balaban J connectivity index is 1.59. The van der Waals surface area contributed by atoms with Crippen molar-refractivity contribution in [3.05, 3.63) is 23.3 Å². The van der Waals surface area contributed by atoms with Gasteiger partial charge in [-0.3, -0.25) is 4.90 Å². The van der Waals surface area contributed by atoms with E-state index in [1.54, 1.807) is 0 Å². The van der Waals surface area contributed by atoms with Crippen molar-refractivity contribution in [2.45, 2.75) is 58.6 Å². The smallest absolute Gasteiger partial charge is 0.123 e. The minimum absolute atomic E-state index is 0.0124. The van der Waals surface area contributed by atoms with Gasteiger partial charge in [0.25, 0.3) is 0 Å². The fourth-order valence-electron chi connectivity index (χ4n) is 5.05. The van der Waals surface area contributed by atoms with Gasteiger partial charge >= 0.3 is 0 Å². The fraction of sp³-hybridized carbons (Fsp3) is 0.714. The van der Waals surface area contributed by atoms with Gasteiger partial charge in [0.1, 0.15) is 17.1 Å². The summed E-state index contributed by atoms with van der Waals surface area (Å²) in [6.45, 7) is 11.2. The monoisotopic (exact) mass is 345 g/mol. The Labute approximate surface area is 151 Å². The molecule has 0 aromatic heterocycles. The lowest BCUT2D eigenvalue weighted by molar-refractivity contribution is -0.128. The third kappa shape index (κ3) is 3.04. The average Bonchev–Trinajstić information content (AvgIpc) is 2.55. The van der Waals surface area contributed by atoms with Crippen LogP contribution >= 0.6 is 0 Å². The van der Waals surface area contributed by atoms with Crippen LogP contribution in [-0.2, 0) is 17.7 Å². The molecule has 1 aliphatic carbocycles. The number of hydrogen-bond acceptors (Lipinski definition) is 4. The maximum Gasteiger partial charge on any atom is 0.123 e. The fourth-order valence-corrected chi connectivity index (χ4v) is 5.05. The third-order valence-corrected chi connectivity index (χ3v) is 6.50. The van der Waals surface area contributed by atoms with E-state index >= 15 is 0 Å². The predicted octanol–water partition coefficient (Wildman–Crippen LogP) is 3.74. The van der Waals surface area contributed by atoms with Crippen LogP contribution in [0.2, 0.25) is 0 Å². The molecule has 2 unspecified atom stereocenters. The van der Waals surface area contributed by atoms with E-state index in [0.29, 0.717) is 11.7 Å². The molecule has 138 valence electrons. The van der Waals surface area contributed by atoms with Gasteiger partial charge in [0.05, 0.1) is 13.2 Å². The van der Waals surface area contributed by atoms with E-state index in [1.165, 1.54) is 12.0 Å². The van der Waals surface area contributed by atoms with Gasteiger partial charge < -0.3 is 14.6 Å². The Morgan fingerprint density at radius 2 is 1.96 bits per heavy atom. The highest BCUT2D eigenvalue weighted by Gasteiger charge is 2.55. The normalized spacial score (nSPS) is 29.8. The number of phenols is 1. The average molecular weight is 345 g/mol. The molecule has 1 aromatic carbocycles. The summed E-state index contributed by atoms with van der Waals surface area (Å²) < 4.78 is 12.1. The molecule has 1 spiro atoms. The van der Waals surface area contributed by atoms with Crippen LogP contribution in [0, 0.1) is 11.3 Å². The second kappa shape index (κ2) is 6.17. The van der Waals surface area contributed by atoms with Gasteiger partial charge in [-0.1, -0.05) is 20.8 Å². The SMILES string of the molecule is CC(C)(C)C1CCC12CCc1c(ccc(O)c1CN1CCOCC1)O2. The number of rotatable bonds is 2. The van der Waals surface area contributed by atoms with Crippen molar-refractivity contribution in [1.82, 2.24) is 4.90 Å². The Morgan fingerprint density at radius 1 is 1.20 bits per heavy atom. The molecule has 0 bridgehead atoms. The first-order valence-corrected chi connectivity index (χ1v) is 9.72. The van der Waals surface area contributed by atoms with Gasteiger partial charge in [0, 0.05) is 36.7 Å². The van der Waals surface area contributed by atoms with Crippen LogP contribution in [0.5, 0.6) is 11.5 Å². The van der Waals surface area contributed by atoms with Crippen LogP contribution < -0.4 is 4.74 Å². The summed E-state index contributed by atoms with van der Waals surface area (Å²) in [6, 6.07) is 3.80. The van der Waals surface area contributed by atoms with Crippen LogP contribution in [0.4, 0.5) is 0 Å². The number of nitrogens with zero attached hydrogens (tertiary/aromatic N) is 1. The van der Waals surface area contributed by atoms with E-state index in [4.69, 9.17) is 9.47 Å². The van der Waals surface area contributed by atoms with Crippen LogP contribution in [0.1, 0.15) is 51.2 Å². The Bertz CT molecular complexity index is 645. The lowest BCUT2D eigenvalue weighted by atomic mass is 9.56. The highest BCUT2D eigenvalue weighted by Crippen LogP contribution is 2.56. The molecule has 3 aliphatic rings. The maximum absolute atomic E-state index is 10.5. The number of phenolic OH excluding ortho intramolecular Hbond substituents is 1. The first-order valence-electron chi connectivity index (χ1n) is 9.72. The molecule has 0 radical (unpaired) electrons. The van der Waals surface area contributed by atoms with Gasteiger partial charge in [0.15, 0.2) is 0 Å². The van der Waals surface area contributed by atoms with Crippen molar-refractivity contribution >= 4 is 0 Å². The van der Waals surface area contributed by atoms with Gasteiger partial charge in [-0.15, -0.1) is 0 Å². The molecule has 2 aliphatic heterocycles. The van der Waals surface area contributed by atoms with Crippen molar-refractivity contribution in [3.63, 3.8) is 0 Å². The van der Waals surface area contributed by atoms with Crippen molar-refractivity contribution in [2.75, 3.05) is 26.3 Å². The molecular weight excluding hydrogens is 314 g/mol. The van der Waals surface area contributed by atoms with Crippen molar-refractivity contribution in [2.24, 2.45) is 11.3 Å². The minimum atomic E-state index is 0.0124. The molecule has 0 amide bonds. The van der Waals surface area contributed by atoms with Gasteiger partial charge in [0.2, 0.25) is 0 Å². The zero-order chi connectivity index (χ0) is 17.7. The van der Waals surface area contributed by atoms with Crippen molar-refractivity contribution in [3.8, 4) is 11.5 Å². The quantitative estimate of drug-likeness (QED) is 0.886. The van der Waals surface area contributed by atoms with E-state index in [2.05, 4.69) is 25.7 Å². The van der Waals surface area contributed by atoms with Crippen LogP contribution in [0.3, 0.4) is 0 Å². The second-order valence-corrected chi connectivity index (χ2v) is 9.05. The standard InChI is InChI=1S/C21H31NO3/c1-20(2,3)19-7-9-21(19)8-6-15-16(14-22-10-12-24-13-11-22)17(23)4-5-18(15)25-21/h4-5,19,23H,6-14H2,1-3H3. The summed E-state index contributed by atoms with van der Waals surface area (Å²) in [5, 5.41) is 10.5. The van der Waals surface area contributed by atoms with Crippen LogP contribution in [0.25, 0.3) is 0 Å². The molecule has 4 heteroatoms. The maximum atomic E-state index is 10.5. The molecule has 2 fully saturated rings. The highest BCUT2D eigenvalue weighted by atomic mass is 16.5. The summed E-state index contributed by atoms with van der Waals surface area (Å²) in [5.74, 6) is 2.02. The second-order valence-electron chi connectivity index (χ2n) is 9.05. The Kier molecular flexibility index (Phi) is 4.24. The lowest BCUT2D eigenvalue weighted by Gasteiger charge is -2.56. The molecular formula is C21H31NO3. The Hall–Kier alpha value is -1.26. The number of morpholine rings is 1. The number of hydrogen-bond donors (Lipinski definition) is 1. The number of benzene rings is 1. The topological polar surface area (TPSA) is 41.9 Å². The first-order chi connectivity index (χ1) is 11.9. The molecule has 2 atom stereocenters. The molecule has 2 heterocycles. The molecule has 4 rings (SSSR count). The largest absolute Gasteiger partial charge is 0.508 e. The Morgan fingerprint density at radius 3 is 2.60 bits per heavy atom. The molecule has 1 saturated heterocycles. The summed E-state index contributed by atoms with van der Waals surface area (Å²) >= 11 is 0. The lowest BCUT2D eigenvalue weighted by Crippen LogP contribution is -2.58. The predicted molar refractivity (Wildman–Crippen MR) is 98.1 cm³/mol. The van der Waals surface area contributed by atoms with E-state index in [0.717, 1.165) is 63.4 Å².